The monoisotopic (exact) mass is 294 g/mol. The Morgan fingerprint density at radius 2 is 1.81 bits per heavy atom. The molecule has 1 amide bonds. The number of nitrogens with zero attached hydrogens (tertiary/aromatic N) is 1. The molecule has 0 fully saturated rings. The van der Waals surface area contributed by atoms with E-state index in [2.05, 4.69) is 5.32 Å². The Labute approximate surface area is 124 Å². The third-order valence-corrected chi connectivity index (χ3v) is 2.59. The lowest BCUT2D eigenvalue weighted by Gasteiger charge is -2.20. The zero-order chi connectivity index (χ0) is 16.0. The Hall–Kier alpha value is -2.24. The van der Waals surface area contributed by atoms with Crippen molar-refractivity contribution < 1.29 is 19.4 Å². The van der Waals surface area contributed by atoms with Gasteiger partial charge in [0.25, 0.3) is 0 Å². The van der Waals surface area contributed by atoms with Crippen molar-refractivity contribution in [1.29, 1.82) is 0 Å². The third-order valence-electron chi connectivity index (χ3n) is 2.59. The van der Waals surface area contributed by atoms with Crippen LogP contribution in [0.25, 0.3) is 0 Å². The SMILES string of the molecule is CN(CC(=O)O)c1ccc(CNC(=O)OC(C)(C)C)cc1. The van der Waals surface area contributed by atoms with Crippen molar-refractivity contribution in [1.82, 2.24) is 5.32 Å². The van der Waals surface area contributed by atoms with Crippen molar-refractivity contribution in [2.75, 3.05) is 18.5 Å². The van der Waals surface area contributed by atoms with Crippen LogP contribution < -0.4 is 10.2 Å². The molecule has 0 atom stereocenters. The van der Waals surface area contributed by atoms with Crippen molar-refractivity contribution in [3.8, 4) is 0 Å². The summed E-state index contributed by atoms with van der Waals surface area (Å²) in [5, 5.41) is 11.4. The number of carboxylic acids is 1. The van der Waals surface area contributed by atoms with Gasteiger partial charge in [-0.05, 0) is 38.5 Å². The summed E-state index contributed by atoms with van der Waals surface area (Å²) in [6.07, 6.45) is -0.463. The fraction of sp³-hybridized carbons (Fsp3) is 0.467. The van der Waals surface area contributed by atoms with E-state index < -0.39 is 17.7 Å². The molecular formula is C15H22N2O4. The molecule has 1 aromatic rings. The molecular weight excluding hydrogens is 272 g/mol. The molecule has 0 aliphatic carbocycles. The zero-order valence-corrected chi connectivity index (χ0v) is 12.8. The molecule has 21 heavy (non-hydrogen) atoms. The lowest BCUT2D eigenvalue weighted by Crippen LogP contribution is -2.32. The van der Waals surface area contributed by atoms with Crippen LogP contribution in [0.3, 0.4) is 0 Å². The van der Waals surface area contributed by atoms with Crippen LogP contribution in [0.2, 0.25) is 0 Å². The van der Waals surface area contributed by atoms with Gasteiger partial charge in [0, 0.05) is 19.3 Å². The molecule has 2 N–H and O–H groups in total. The number of carbonyl (C=O) groups is 2. The Morgan fingerprint density at radius 1 is 1.24 bits per heavy atom. The maximum Gasteiger partial charge on any atom is 0.407 e. The number of benzene rings is 1. The van der Waals surface area contributed by atoms with Crippen LogP contribution in [0.1, 0.15) is 26.3 Å². The van der Waals surface area contributed by atoms with Gasteiger partial charge >= 0.3 is 12.1 Å². The maximum atomic E-state index is 11.5. The van der Waals surface area contributed by atoms with Crippen molar-refractivity contribution in [3.05, 3.63) is 29.8 Å². The second kappa shape index (κ2) is 6.97. The molecule has 0 bridgehead atoms. The highest BCUT2D eigenvalue weighted by atomic mass is 16.6. The lowest BCUT2D eigenvalue weighted by molar-refractivity contribution is -0.135. The van der Waals surface area contributed by atoms with E-state index in [0.29, 0.717) is 6.54 Å². The van der Waals surface area contributed by atoms with Gasteiger partial charge in [0.15, 0.2) is 0 Å². The van der Waals surface area contributed by atoms with Crippen LogP contribution in [0.4, 0.5) is 10.5 Å². The molecule has 1 aromatic carbocycles. The summed E-state index contributed by atoms with van der Waals surface area (Å²) in [5.74, 6) is -0.881. The lowest BCUT2D eigenvalue weighted by atomic mass is 10.2. The first-order chi connectivity index (χ1) is 9.67. The number of rotatable bonds is 5. The fourth-order valence-electron chi connectivity index (χ4n) is 1.65. The molecule has 0 unspecified atom stereocenters. The molecule has 0 aliphatic rings. The number of hydrogen-bond donors (Lipinski definition) is 2. The van der Waals surface area contributed by atoms with Gasteiger partial charge in [-0.1, -0.05) is 12.1 Å². The molecule has 0 aromatic heterocycles. The highest BCUT2D eigenvalue weighted by Gasteiger charge is 2.15. The molecule has 0 saturated heterocycles. The van der Waals surface area contributed by atoms with Gasteiger partial charge in [0.1, 0.15) is 12.1 Å². The summed E-state index contributed by atoms with van der Waals surface area (Å²) in [4.78, 5) is 23.8. The number of nitrogens with one attached hydrogen (secondary N) is 1. The summed E-state index contributed by atoms with van der Waals surface area (Å²) < 4.78 is 5.14. The predicted molar refractivity (Wildman–Crippen MR) is 80.4 cm³/mol. The molecule has 1 rings (SSSR count). The third kappa shape index (κ3) is 6.65. The fourth-order valence-corrected chi connectivity index (χ4v) is 1.65. The van der Waals surface area contributed by atoms with Gasteiger partial charge in [-0.25, -0.2) is 4.79 Å². The van der Waals surface area contributed by atoms with Gasteiger partial charge in [0.2, 0.25) is 0 Å². The zero-order valence-electron chi connectivity index (χ0n) is 12.8. The maximum absolute atomic E-state index is 11.5. The minimum atomic E-state index is -0.881. The summed E-state index contributed by atoms with van der Waals surface area (Å²) in [5.41, 5.74) is 1.19. The van der Waals surface area contributed by atoms with Gasteiger partial charge in [-0.3, -0.25) is 4.79 Å². The first-order valence-electron chi connectivity index (χ1n) is 6.66. The molecule has 0 heterocycles. The van der Waals surface area contributed by atoms with E-state index in [1.54, 1.807) is 32.7 Å². The first kappa shape index (κ1) is 16.8. The molecule has 0 aliphatic heterocycles. The van der Waals surface area contributed by atoms with E-state index in [1.807, 2.05) is 24.3 Å². The number of aliphatic carboxylic acids is 1. The Morgan fingerprint density at radius 3 is 2.29 bits per heavy atom. The number of alkyl carbamates (subject to hydrolysis) is 1. The number of anilines is 1. The van der Waals surface area contributed by atoms with E-state index in [-0.39, 0.29) is 6.54 Å². The summed E-state index contributed by atoms with van der Waals surface area (Å²) in [6.45, 7) is 5.71. The van der Waals surface area contributed by atoms with Crippen LogP contribution >= 0.6 is 0 Å². The standard InChI is InChI=1S/C15H22N2O4/c1-15(2,3)21-14(20)16-9-11-5-7-12(8-6-11)17(4)10-13(18)19/h5-8H,9-10H2,1-4H3,(H,16,20)(H,18,19). The van der Waals surface area contributed by atoms with Crippen molar-refractivity contribution in [2.24, 2.45) is 0 Å². The number of carboxylic acid groups (broad SMARTS) is 1. The van der Waals surface area contributed by atoms with Crippen LogP contribution in [0.5, 0.6) is 0 Å². The smallest absolute Gasteiger partial charge is 0.407 e. The largest absolute Gasteiger partial charge is 0.480 e. The molecule has 6 heteroatoms. The average Bonchev–Trinajstić information content (AvgIpc) is 2.34. The van der Waals surface area contributed by atoms with Crippen molar-refractivity contribution in [3.63, 3.8) is 0 Å². The van der Waals surface area contributed by atoms with E-state index in [4.69, 9.17) is 9.84 Å². The number of ether oxygens (including phenoxy) is 1. The number of carbonyl (C=O) groups excluding carboxylic acids is 1. The van der Waals surface area contributed by atoms with Gasteiger partial charge in [0.05, 0.1) is 0 Å². The van der Waals surface area contributed by atoms with Crippen LogP contribution in [-0.2, 0) is 16.1 Å². The number of amides is 1. The minimum absolute atomic E-state index is 0.0600. The molecule has 116 valence electrons. The van der Waals surface area contributed by atoms with E-state index in [0.717, 1.165) is 11.3 Å². The topological polar surface area (TPSA) is 78.9 Å². The molecule has 0 spiro atoms. The second-order valence-corrected chi connectivity index (χ2v) is 5.77. The van der Waals surface area contributed by atoms with Gasteiger partial charge in [-0.2, -0.15) is 0 Å². The minimum Gasteiger partial charge on any atom is -0.480 e. The second-order valence-electron chi connectivity index (χ2n) is 5.77. The molecule has 0 radical (unpaired) electrons. The molecule has 6 nitrogen and oxygen atoms in total. The van der Waals surface area contributed by atoms with E-state index in [1.165, 1.54) is 0 Å². The average molecular weight is 294 g/mol. The number of hydrogen-bond acceptors (Lipinski definition) is 4. The van der Waals surface area contributed by atoms with Crippen molar-refractivity contribution in [2.45, 2.75) is 32.9 Å². The Balaban J connectivity index is 2.51. The Kier molecular flexibility index (Phi) is 5.58. The van der Waals surface area contributed by atoms with Crippen molar-refractivity contribution >= 4 is 17.7 Å². The van der Waals surface area contributed by atoms with Gasteiger partial charge in [-0.15, -0.1) is 0 Å². The Bertz CT molecular complexity index is 491. The van der Waals surface area contributed by atoms with E-state index >= 15 is 0 Å². The highest BCUT2D eigenvalue weighted by molar-refractivity contribution is 5.73. The van der Waals surface area contributed by atoms with Gasteiger partial charge < -0.3 is 20.1 Å². The normalized spacial score (nSPS) is 10.9. The predicted octanol–water partition coefficient (Wildman–Crippen LogP) is 2.23. The van der Waals surface area contributed by atoms with Crippen LogP contribution in [0, 0.1) is 0 Å². The quantitative estimate of drug-likeness (QED) is 0.870. The van der Waals surface area contributed by atoms with Crippen LogP contribution in [0.15, 0.2) is 24.3 Å². The summed E-state index contributed by atoms with van der Waals surface area (Å²) in [7, 11) is 1.71. The summed E-state index contributed by atoms with van der Waals surface area (Å²) >= 11 is 0. The molecule has 0 saturated carbocycles. The summed E-state index contributed by atoms with van der Waals surface area (Å²) in [6, 6.07) is 7.31. The highest BCUT2D eigenvalue weighted by Crippen LogP contribution is 2.14. The van der Waals surface area contributed by atoms with Crippen LogP contribution in [-0.4, -0.2) is 36.4 Å². The van der Waals surface area contributed by atoms with E-state index in [9.17, 15) is 9.59 Å². The first-order valence-corrected chi connectivity index (χ1v) is 6.66. The number of likely N-dealkylation sites (N-methyl/N-ethyl adjacent to an activating group) is 1.